The highest BCUT2D eigenvalue weighted by Crippen LogP contribution is 2.19. The van der Waals surface area contributed by atoms with Crippen molar-refractivity contribution in [2.45, 2.75) is 19.6 Å². The molecule has 0 spiro atoms. The average molecular weight is 546 g/mol. The number of rotatable bonds is 7. The van der Waals surface area contributed by atoms with Gasteiger partial charge in [-0.2, -0.15) is 4.98 Å². The maximum Gasteiger partial charge on any atom is 0.246 e. The summed E-state index contributed by atoms with van der Waals surface area (Å²) < 4.78 is 24.5. The molecule has 0 fully saturated rings. The van der Waals surface area contributed by atoms with Crippen LogP contribution < -0.4 is 15.4 Å². The van der Waals surface area contributed by atoms with Gasteiger partial charge < -0.3 is 19.9 Å². The highest BCUT2D eigenvalue weighted by Gasteiger charge is 2.11. The number of nitrogens with one attached hydrogen (secondary N) is 2. The predicted molar refractivity (Wildman–Crippen MR) is 125 cm³/mol. The summed E-state index contributed by atoms with van der Waals surface area (Å²) >= 11 is 5.89. The summed E-state index contributed by atoms with van der Waals surface area (Å²) in [7, 11) is 1.64. The molecule has 0 bridgehead atoms. The molecule has 0 aliphatic carbocycles. The molecule has 160 valence electrons. The van der Waals surface area contributed by atoms with Crippen LogP contribution in [0.25, 0.3) is 11.4 Å². The van der Waals surface area contributed by atoms with Gasteiger partial charge in [-0.25, -0.2) is 4.39 Å². The van der Waals surface area contributed by atoms with E-state index < -0.39 is 5.82 Å². The average Bonchev–Trinajstić information content (AvgIpc) is 3.19. The molecule has 0 radical (unpaired) electrons. The van der Waals surface area contributed by atoms with E-state index in [-0.39, 0.29) is 35.8 Å². The van der Waals surface area contributed by atoms with Gasteiger partial charge in [0.15, 0.2) is 17.5 Å². The molecule has 0 saturated heterocycles. The number of hydrogen-bond donors (Lipinski definition) is 2. The molecule has 1 aromatic heterocycles. The minimum atomic E-state index is -0.394. The van der Waals surface area contributed by atoms with Gasteiger partial charge in [0.05, 0.1) is 13.1 Å². The van der Waals surface area contributed by atoms with Crippen molar-refractivity contribution in [3.8, 4) is 17.1 Å². The smallest absolute Gasteiger partial charge is 0.246 e. The number of benzene rings is 2. The van der Waals surface area contributed by atoms with Gasteiger partial charge in [0.1, 0.15) is 6.10 Å². The molecule has 10 heteroatoms. The first kappa shape index (κ1) is 23.9. The van der Waals surface area contributed by atoms with E-state index >= 15 is 0 Å². The van der Waals surface area contributed by atoms with Crippen LogP contribution in [0.5, 0.6) is 5.75 Å². The van der Waals surface area contributed by atoms with Crippen molar-refractivity contribution in [3.63, 3.8) is 0 Å². The van der Waals surface area contributed by atoms with Crippen LogP contribution >= 0.6 is 35.6 Å². The summed E-state index contributed by atoms with van der Waals surface area (Å²) in [5, 5.41) is 10.8. The van der Waals surface area contributed by atoms with Crippen LogP contribution in [0.15, 0.2) is 58.0 Å². The molecule has 2 aromatic carbocycles. The quantitative estimate of drug-likeness (QED) is 0.262. The second-order valence-electron chi connectivity index (χ2n) is 6.18. The van der Waals surface area contributed by atoms with Crippen LogP contribution in [0.3, 0.4) is 0 Å². The Kier molecular flexibility index (Phi) is 9.31. The van der Waals surface area contributed by atoms with E-state index in [4.69, 9.17) is 20.9 Å². The highest BCUT2D eigenvalue weighted by molar-refractivity contribution is 14.0. The third kappa shape index (κ3) is 6.84. The molecule has 1 unspecified atom stereocenters. The van der Waals surface area contributed by atoms with Crippen LogP contribution in [0.1, 0.15) is 12.8 Å². The normalized spacial score (nSPS) is 12.1. The lowest BCUT2D eigenvalue weighted by Crippen LogP contribution is -2.41. The van der Waals surface area contributed by atoms with Gasteiger partial charge >= 0.3 is 0 Å². The third-order valence-electron chi connectivity index (χ3n) is 3.92. The fourth-order valence-electron chi connectivity index (χ4n) is 2.46. The summed E-state index contributed by atoms with van der Waals surface area (Å²) in [4.78, 5) is 8.48. The molecule has 0 amide bonds. The maximum absolute atomic E-state index is 13.7. The molecule has 0 aliphatic heterocycles. The van der Waals surface area contributed by atoms with Crippen LogP contribution in [0.2, 0.25) is 5.02 Å². The van der Waals surface area contributed by atoms with E-state index in [1.165, 1.54) is 6.07 Å². The van der Waals surface area contributed by atoms with E-state index in [0.29, 0.717) is 35.8 Å². The SMILES string of the molecule is CN=C(NCc1nc(-c2ccc(Cl)cc2)no1)NCC(C)Oc1ccccc1F.I. The first-order valence-electron chi connectivity index (χ1n) is 8.99. The molecule has 3 rings (SSSR count). The number of para-hydroxylation sites is 1. The van der Waals surface area contributed by atoms with Crippen molar-refractivity contribution in [2.75, 3.05) is 13.6 Å². The standard InChI is InChI=1S/C20H21ClFN5O2.HI/c1-13(28-17-6-4-3-5-16(17)22)11-24-20(23-2)25-12-18-26-19(27-29-18)14-7-9-15(21)10-8-14;/h3-10,13H,11-12H2,1-2H3,(H2,23,24,25);1H. The van der Waals surface area contributed by atoms with E-state index in [1.54, 1.807) is 37.4 Å². The minimum absolute atomic E-state index is 0. The number of nitrogens with zero attached hydrogens (tertiary/aromatic N) is 3. The monoisotopic (exact) mass is 545 g/mol. The zero-order valence-electron chi connectivity index (χ0n) is 16.4. The Hall–Kier alpha value is -2.40. The number of aromatic nitrogens is 2. The van der Waals surface area contributed by atoms with Crippen molar-refractivity contribution < 1.29 is 13.7 Å². The van der Waals surface area contributed by atoms with Crippen LogP contribution in [0.4, 0.5) is 4.39 Å². The molecule has 0 saturated carbocycles. The van der Waals surface area contributed by atoms with Crippen molar-refractivity contribution in [2.24, 2.45) is 4.99 Å². The molecular formula is C20H22ClFIN5O2. The fraction of sp³-hybridized carbons (Fsp3) is 0.250. The van der Waals surface area contributed by atoms with Gasteiger partial charge in [-0.05, 0) is 43.3 Å². The zero-order valence-corrected chi connectivity index (χ0v) is 19.5. The summed E-state index contributed by atoms with van der Waals surface area (Å²) in [6.45, 7) is 2.56. The Morgan fingerprint density at radius 3 is 2.63 bits per heavy atom. The molecule has 1 heterocycles. The molecular weight excluding hydrogens is 524 g/mol. The van der Waals surface area contributed by atoms with Crippen LogP contribution in [0, 0.1) is 5.82 Å². The highest BCUT2D eigenvalue weighted by atomic mass is 127. The summed E-state index contributed by atoms with van der Waals surface area (Å²) in [5.41, 5.74) is 0.811. The molecule has 30 heavy (non-hydrogen) atoms. The Morgan fingerprint density at radius 1 is 1.20 bits per heavy atom. The minimum Gasteiger partial charge on any atom is -0.486 e. The fourth-order valence-corrected chi connectivity index (χ4v) is 2.59. The predicted octanol–water partition coefficient (Wildman–Crippen LogP) is 4.28. The van der Waals surface area contributed by atoms with Gasteiger partial charge in [-0.15, -0.1) is 24.0 Å². The summed E-state index contributed by atoms with van der Waals surface area (Å²) in [6, 6.07) is 13.5. The number of hydrogen-bond acceptors (Lipinski definition) is 5. The molecule has 3 aromatic rings. The second kappa shape index (κ2) is 11.7. The Bertz CT molecular complexity index is 968. The van der Waals surface area contributed by atoms with Crippen LogP contribution in [-0.2, 0) is 6.54 Å². The topological polar surface area (TPSA) is 84.6 Å². The maximum atomic E-state index is 13.7. The van der Waals surface area contributed by atoms with Crippen molar-refractivity contribution in [1.82, 2.24) is 20.8 Å². The molecule has 1 atom stereocenters. The van der Waals surface area contributed by atoms with Crippen molar-refractivity contribution in [1.29, 1.82) is 0 Å². The van der Waals surface area contributed by atoms with E-state index in [0.717, 1.165) is 5.56 Å². The Labute approximate surface area is 196 Å². The lowest BCUT2D eigenvalue weighted by molar-refractivity contribution is 0.214. The lowest BCUT2D eigenvalue weighted by atomic mass is 10.2. The van der Waals surface area contributed by atoms with Crippen LogP contribution in [-0.4, -0.2) is 35.8 Å². The van der Waals surface area contributed by atoms with Gasteiger partial charge in [-0.3, -0.25) is 4.99 Å². The first-order chi connectivity index (χ1) is 14.0. The van der Waals surface area contributed by atoms with Gasteiger partial charge in [0.2, 0.25) is 11.7 Å². The van der Waals surface area contributed by atoms with Gasteiger partial charge in [-0.1, -0.05) is 28.9 Å². The van der Waals surface area contributed by atoms with E-state index in [2.05, 4.69) is 25.8 Å². The zero-order chi connectivity index (χ0) is 20.6. The Morgan fingerprint density at radius 2 is 1.93 bits per heavy atom. The second-order valence-corrected chi connectivity index (χ2v) is 6.62. The third-order valence-corrected chi connectivity index (χ3v) is 4.17. The molecule has 0 aliphatic rings. The van der Waals surface area contributed by atoms with Gasteiger partial charge in [0, 0.05) is 17.6 Å². The van der Waals surface area contributed by atoms with Gasteiger partial charge in [0.25, 0.3) is 0 Å². The number of aliphatic imine (C=N–C) groups is 1. The number of halogens is 3. The van der Waals surface area contributed by atoms with Crippen molar-refractivity contribution >= 4 is 41.5 Å². The number of ether oxygens (including phenoxy) is 1. The number of guanidine groups is 1. The first-order valence-corrected chi connectivity index (χ1v) is 9.37. The Balaban J connectivity index is 0.00000320. The van der Waals surface area contributed by atoms with Crippen molar-refractivity contribution in [3.05, 3.63) is 65.3 Å². The largest absolute Gasteiger partial charge is 0.486 e. The molecule has 7 nitrogen and oxygen atoms in total. The van der Waals surface area contributed by atoms with E-state index in [9.17, 15) is 4.39 Å². The lowest BCUT2D eigenvalue weighted by Gasteiger charge is -2.17. The summed E-state index contributed by atoms with van der Waals surface area (Å²) in [5.74, 6) is 1.24. The molecule has 2 N–H and O–H groups in total. The van der Waals surface area contributed by atoms with E-state index in [1.807, 2.05) is 19.1 Å². The summed E-state index contributed by atoms with van der Waals surface area (Å²) in [6.07, 6.45) is -0.273.